The third kappa shape index (κ3) is 3.68. The molecule has 0 bridgehead atoms. The summed E-state index contributed by atoms with van der Waals surface area (Å²) >= 11 is 1.71. The number of imidazole rings is 1. The zero-order chi connectivity index (χ0) is 16.2. The first-order chi connectivity index (χ1) is 11.2. The maximum atomic E-state index is 4.56. The first-order valence-corrected chi connectivity index (χ1v) is 8.27. The lowest BCUT2D eigenvalue weighted by Crippen LogP contribution is -2.36. The molecule has 120 valence electrons. The van der Waals surface area contributed by atoms with Gasteiger partial charge in [0.05, 0.1) is 24.5 Å². The monoisotopic (exact) mass is 328 g/mol. The van der Waals surface area contributed by atoms with Crippen molar-refractivity contribution >= 4 is 22.9 Å². The van der Waals surface area contributed by atoms with E-state index in [1.165, 1.54) is 4.88 Å². The van der Waals surface area contributed by atoms with Gasteiger partial charge in [0.15, 0.2) is 5.96 Å². The molecular weight excluding hydrogens is 308 g/mol. The highest BCUT2D eigenvalue weighted by molar-refractivity contribution is 7.11. The fourth-order valence-corrected chi connectivity index (χ4v) is 3.12. The molecule has 2 N–H and O–H groups in total. The van der Waals surface area contributed by atoms with Crippen LogP contribution in [-0.2, 0) is 13.1 Å². The Morgan fingerprint density at radius 3 is 2.74 bits per heavy atom. The van der Waals surface area contributed by atoms with Gasteiger partial charge in [-0.2, -0.15) is 0 Å². The molecule has 0 aliphatic rings. The average molecular weight is 328 g/mol. The molecule has 0 atom stereocenters. The summed E-state index contributed by atoms with van der Waals surface area (Å²) in [5, 5.41) is 7.63. The summed E-state index contributed by atoms with van der Waals surface area (Å²) in [4.78, 5) is 14.6. The highest BCUT2D eigenvalue weighted by atomic mass is 32.1. The minimum Gasteiger partial charge on any atom is -0.351 e. The molecule has 0 spiro atoms. The third-order valence-corrected chi connectivity index (χ3v) is 4.63. The topological polar surface area (TPSA) is 66.6 Å². The second kappa shape index (κ2) is 6.78. The predicted molar refractivity (Wildman–Crippen MR) is 93.8 cm³/mol. The minimum absolute atomic E-state index is 0.622. The van der Waals surface area contributed by atoms with Crippen LogP contribution in [0.15, 0.2) is 35.6 Å². The van der Waals surface area contributed by atoms with Crippen molar-refractivity contribution in [3.8, 4) is 0 Å². The van der Waals surface area contributed by atoms with Crippen molar-refractivity contribution < 1.29 is 0 Å². The van der Waals surface area contributed by atoms with Crippen molar-refractivity contribution in [3.05, 3.63) is 51.9 Å². The first kappa shape index (κ1) is 15.5. The number of guanidine groups is 1. The predicted octanol–water partition coefficient (Wildman–Crippen LogP) is 2.27. The van der Waals surface area contributed by atoms with Crippen LogP contribution >= 0.6 is 11.3 Å². The Morgan fingerprint density at radius 1 is 1.22 bits per heavy atom. The van der Waals surface area contributed by atoms with Gasteiger partial charge in [-0.1, -0.05) is 6.07 Å². The molecule has 0 unspecified atom stereocenters. The van der Waals surface area contributed by atoms with Gasteiger partial charge in [-0.15, -0.1) is 11.3 Å². The van der Waals surface area contributed by atoms with Crippen LogP contribution in [0, 0.1) is 13.8 Å². The minimum atomic E-state index is 0.622. The van der Waals surface area contributed by atoms with Gasteiger partial charge in [-0.05, 0) is 26.0 Å². The Balaban J connectivity index is 1.57. The van der Waals surface area contributed by atoms with Crippen LogP contribution in [0.1, 0.15) is 21.3 Å². The number of rotatable bonds is 4. The van der Waals surface area contributed by atoms with Crippen LogP contribution in [0.4, 0.5) is 0 Å². The molecule has 0 radical (unpaired) electrons. The second-order valence-corrected chi connectivity index (χ2v) is 6.51. The molecule has 0 saturated heterocycles. The Labute approximate surface area is 139 Å². The van der Waals surface area contributed by atoms with E-state index < -0.39 is 0 Å². The van der Waals surface area contributed by atoms with E-state index in [2.05, 4.69) is 32.5 Å². The molecule has 0 fully saturated rings. The summed E-state index contributed by atoms with van der Waals surface area (Å²) < 4.78 is 2.01. The van der Waals surface area contributed by atoms with Crippen molar-refractivity contribution in [2.45, 2.75) is 26.9 Å². The van der Waals surface area contributed by atoms with Gasteiger partial charge in [0, 0.05) is 24.3 Å². The number of nitrogens with zero attached hydrogens (tertiary/aromatic N) is 4. The number of hydrogen-bond acceptors (Lipinski definition) is 4. The molecule has 0 saturated carbocycles. The zero-order valence-corrected chi connectivity index (χ0v) is 14.3. The molecule has 3 heterocycles. The molecular formula is C16H20N6S. The smallest absolute Gasteiger partial charge is 0.191 e. The molecule has 7 heteroatoms. The second-order valence-electron chi connectivity index (χ2n) is 5.23. The molecule has 0 aromatic carbocycles. The summed E-state index contributed by atoms with van der Waals surface area (Å²) in [5.41, 5.74) is 3.01. The summed E-state index contributed by atoms with van der Waals surface area (Å²) in [5.74, 6) is 0.743. The maximum Gasteiger partial charge on any atom is 0.191 e. The van der Waals surface area contributed by atoms with Gasteiger partial charge in [0.2, 0.25) is 0 Å². The van der Waals surface area contributed by atoms with E-state index >= 15 is 0 Å². The molecule has 6 nitrogen and oxygen atoms in total. The van der Waals surface area contributed by atoms with Crippen LogP contribution in [0.2, 0.25) is 0 Å². The van der Waals surface area contributed by atoms with Crippen molar-refractivity contribution in [1.82, 2.24) is 25.0 Å². The van der Waals surface area contributed by atoms with E-state index in [1.807, 2.05) is 41.9 Å². The summed E-state index contributed by atoms with van der Waals surface area (Å²) in [6, 6.07) is 5.96. The number of aryl methyl sites for hydroxylation is 2. The summed E-state index contributed by atoms with van der Waals surface area (Å²) in [7, 11) is 1.76. The fraction of sp³-hybridized carbons (Fsp3) is 0.312. The number of nitrogens with one attached hydrogen (secondary N) is 2. The van der Waals surface area contributed by atoms with Crippen molar-refractivity contribution in [2.75, 3.05) is 7.05 Å². The molecule has 23 heavy (non-hydrogen) atoms. The zero-order valence-electron chi connectivity index (χ0n) is 13.5. The van der Waals surface area contributed by atoms with Crippen LogP contribution in [-0.4, -0.2) is 27.4 Å². The van der Waals surface area contributed by atoms with Gasteiger partial charge in [0.1, 0.15) is 10.7 Å². The molecule has 0 aliphatic heterocycles. The molecule has 3 aromatic rings. The summed E-state index contributed by atoms with van der Waals surface area (Å²) in [6.07, 6.45) is 4.01. The van der Waals surface area contributed by atoms with Crippen molar-refractivity contribution in [1.29, 1.82) is 0 Å². The first-order valence-electron chi connectivity index (χ1n) is 7.46. The lowest BCUT2D eigenvalue weighted by Gasteiger charge is -2.09. The Hall–Kier alpha value is -2.41. The number of aliphatic imine (C=N–C) groups is 1. The number of aromatic nitrogens is 3. The normalized spacial score (nSPS) is 11.9. The van der Waals surface area contributed by atoms with E-state index in [0.29, 0.717) is 13.1 Å². The highest BCUT2D eigenvalue weighted by Gasteiger charge is 2.06. The van der Waals surface area contributed by atoms with Gasteiger partial charge >= 0.3 is 0 Å². The maximum absolute atomic E-state index is 4.56. The van der Waals surface area contributed by atoms with E-state index in [0.717, 1.165) is 28.0 Å². The number of pyridine rings is 1. The lowest BCUT2D eigenvalue weighted by atomic mass is 10.4. The van der Waals surface area contributed by atoms with Gasteiger partial charge in [-0.3, -0.25) is 4.99 Å². The van der Waals surface area contributed by atoms with Crippen LogP contribution in [0.3, 0.4) is 0 Å². The third-order valence-electron chi connectivity index (χ3n) is 3.55. The van der Waals surface area contributed by atoms with E-state index in [1.54, 1.807) is 18.4 Å². The van der Waals surface area contributed by atoms with Crippen LogP contribution in [0.25, 0.3) is 5.65 Å². The Morgan fingerprint density at radius 2 is 2.04 bits per heavy atom. The lowest BCUT2D eigenvalue weighted by molar-refractivity contribution is 0.794. The van der Waals surface area contributed by atoms with E-state index in [-0.39, 0.29) is 0 Å². The summed E-state index contributed by atoms with van der Waals surface area (Å²) in [6.45, 7) is 5.42. The number of fused-ring (bicyclic) bond motifs is 1. The molecule has 0 amide bonds. The highest BCUT2D eigenvalue weighted by Crippen LogP contribution is 2.15. The van der Waals surface area contributed by atoms with Crippen molar-refractivity contribution in [3.63, 3.8) is 0 Å². The molecule has 3 rings (SSSR count). The Kier molecular flexibility index (Phi) is 4.57. The Bertz CT molecular complexity index is 780. The molecule has 0 aliphatic carbocycles. The van der Waals surface area contributed by atoms with E-state index in [4.69, 9.17) is 0 Å². The van der Waals surface area contributed by atoms with Crippen LogP contribution < -0.4 is 10.6 Å². The standard InChI is InChI=1S/C16H20N6S/c1-11-12(2)23-15(20-11)9-19-16(17-3)18-8-13-10-22-7-5-4-6-14(22)21-13/h4-7,10H,8-9H2,1-3H3,(H2,17,18,19). The quantitative estimate of drug-likeness (QED) is 0.569. The van der Waals surface area contributed by atoms with E-state index in [9.17, 15) is 0 Å². The van der Waals surface area contributed by atoms with Crippen molar-refractivity contribution in [2.24, 2.45) is 4.99 Å². The molecule has 3 aromatic heterocycles. The fourth-order valence-electron chi connectivity index (χ4n) is 2.24. The van der Waals surface area contributed by atoms with Gasteiger partial charge < -0.3 is 15.0 Å². The average Bonchev–Trinajstić information content (AvgIpc) is 3.10. The number of thiazole rings is 1. The number of hydrogen-bond donors (Lipinski definition) is 2. The largest absolute Gasteiger partial charge is 0.351 e. The van der Waals surface area contributed by atoms with Gasteiger partial charge in [0.25, 0.3) is 0 Å². The van der Waals surface area contributed by atoms with Crippen LogP contribution in [0.5, 0.6) is 0 Å². The van der Waals surface area contributed by atoms with Gasteiger partial charge in [-0.25, -0.2) is 9.97 Å². The SMILES string of the molecule is CN=C(NCc1cn2ccccc2n1)NCc1nc(C)c(C)s1.